The molecule has 1 atom stereocenters. The number of ether oxygens (including phenoxy) is 1. The molecule has 1 aromatic carbocycles. The van der Waals surface area contributed by atoms with Crippen LogP contribution in [-0.2, 0) is 20.9 Å². The number of carbonyl (C=O) groups is 2. The van der Waals surface area contributed by atoms with Gasteiger partial charge in [-0.15, -0.1) is 0 Å². The molecular weight excluding hydrogens is 308 g/mol. The lowest BCUT2D eigenvalue weighted by Crippen LogP contribution is -2.68. The molecule has 3 rings (SSSR count). The highest BCUT2D eigenvalue weighted by Crippen LogP contribution is 2.46. The van der Waals surface area contributed by atoms with Gasteiger partial charge in [0.25, 0.3) is 0 Å². The van der Waals surface area contributed by atoms with Gasteiger partial charge in [-0.3, -0.25) is 9.59 Å². The zero-order chi connectivity index (χ0) is 17.2. The molecule has 0 radical (unpaired) electrons. The number of carbonyl (C=O) groups excluding carboxylic acids is 2. The summed E-state index contributed by atoms with van der Waals surface area (Å²) in [5.74, 6) is -0.706. The van der Waals surface area contributed by atoms with Crippen molar-refractivity contribution in [3.8, 4) is 0 Å². The average molecular weight is 332 g/mol. The van der Waals surface area contributed by atoms with Gasteiger partial charge in [-0.2, -0.15) is 0 Å². The van der Waals surface area contributed by atoms with Gasteiger partial charge in [-0.25, -0.2) is 0 Å². The first-order valence-corrected chi connectivity index (χ1v) is 8.42. The van der Waals surface area contributed by atoms with E-state index in [-0.39, 0.29) is 17.4 Å². The lowest BCUT2D eigenvalue weighted by atomic mass is 9.66. The van der Waals surface area contributed by atoms with Crippen molar-refractivity contribution in [3.63, 3.8) is 0 Å². The van der Waals surface area contributed by atoms with Gasteiger partial charge in [0.05, 0.1) is 24.7 Å². The minimum atomic E-state index is -0.893. The number of hydrogen-bond donors (Lipinski definition) is 2. The number of benzene rings is 1. The largest absolute Gasteiger partial charge is 0.394 e. The Morgan fingerprint density at radius 3 is 2.54 bits per heavy atom. The van der Waals surface area contributed by atoms with Crippen LogP contribution in [0.3, 0.4) is 0 Å². The molecule has 3 N–H and O–H groups in total. The Hall–Kier alpha value is -1.92. The van der Waals surface area contributed by atoms with Crippen LogP contribution in [0.4, 0.5) is 0 Å². The predicted octanol–water partition coefficient (Wildman–Crippen LogP) is 0.821. The van der Waals surface area contributed by atoms with Crippen molar-refractivity contribution in [3.05, 3.63) is 35.9 Å². The van der Waals surface area contributed by atoms with E-state index in [2.05, 4.69) is 0 Å². The van der Waals surface area contributed by atoms with E-state index in [0.29, 0.717) is 13.2 Å². The zero-order valence-electron chi connectivity index (χ0n) is 13.7. The highest BCUT2D eigenvalue weighted by Gasteiger charge is 2.55. The molecule has 1 spiro atoms. The second kappa shape index (κ2) is 6.91. The number of aliphatic hydroxyl groups is 1. The Bertz CT molecular complexity index is 596. The smallest absolute Gasteiger partial charge is 0.242 e. The van der Waals surface area contributed by atoms with E-state index < -0.39 is 18.6 Å². The molecule has 2 amide bonds. The highest BCUT2D eigenvalue weighted by molar-refractivity contribution is 5.94. The summed E-state index contributed by atoms with van der Waals surface area (Å²) in [5.41, 5.74) is 6.01. The molecule has 0 aromatic heterocycles. The molecule has 1 aliphatic carbocycles. The molecule has 1 unspecified atom stereocenters. The molecular formula is C18H24N2O4. The maximum atomic E-state index is 12.5. The van der Waals surface area contributed by atoms with Crippen molar-refractivity contribution in [1.29, 1.82) is 0 Å². The van der Waals surface area contributed by atoms with Gasteiger partial charge < -0.3 is 20.5 Å². The third kappa shape index (κ3) is 3.16. The first-order chi connectivity index (χ1) is 11.6. The number of aliphatic hydroxyl groups excluding tert-OH is 1. The topological polar surface area (TPSA) is 92.9 Å². The third-order valence-electron chi connectivity index (χ3n) is 5.28. The van der Waals surface area contributed by atoms with E-state index in [1.54, 1.807) is 0 Å². The Balaban J connectivity index is 1.49. The maximum absolute atomic E-state index is 12.5. The van der Waals surface area contributed by atoms with Crippen LogP contribution in [-0.4, -0.2) is 47.1 Å². The molecule has 2 fully saturated rings. The van der Waals surface area contributed by atoms with Crippen LogP contribution < -0.4 is 5.73 Å². The molecule has 1 saturated heterocycles. The van der Waals surface area contributed by atoms with Gasteiger partial charge in [0, 0.05) is 6.54 Å². The molecule has 6 nitrogen and oxygen atoms in total. The van der Waals surface area contributed by atoms with Crippen LogP contribution in [0.2, 0.25) is 0 Å². The van der Waals surface area contributed by atoms with Crippen molar-refractivity contribution in [1.82, 2.24) is 4.90 Å². The van der Waals surface area contributed by atoms with Gasteiger partial charge in [-0.1, -0.05) is 30.3 Å². The van der Waals surface area contributed by atoms with Crippen LogP contribution in [0.25, 0.3) is 0 Å². The molecule has 6 heteroatoms. The van der Waals surface area contributed by atoms with Gasteiger partial charge in [-0.05, 0) is 31.2 Å². The Labute approximate surface area is 141 Å². The van der Waals surface area contributed by atoms with E-state index in [4.69, 9.17) is 10.5 Å². The molecule has 1 saturated carbocycles. The summed E-state index contributed by atoms with van der Waals surface area (Å²) in [7, 11) is 0. The van der Waals surface area contributed by atoms with Crippen LogP contribution in [0.5, 0.6) is 0 Å². The van der Waals surface area contributed by atoms with E-state index in [1.165, 1.54) is 4.90 Å². The number of rotatable bonds is 6. The molecule has 24 heavy (non-hydrogen) atoms. The van der Waals surface area contributed by atoms with E-state index in [9.17, 15) is 14.7 Å². The number of β-lactam (4-membered cyclic amide) rings is 1. The fourth-order valence-electron chi connectivity index (χ4n) is 3.74. The van der Waals surface area contributed by atoms with Crippen LogP contribution in [0, 0.1) is 5.41 Å². The molecule has 1 aromatic rings. The summed E-state index contributed by atoms with van der Waals surface area (Å²) in [4.78, 5) is 25.2. The van der Waals surface area contributed by atoms with Crippen LogP contribution >= 0.6 is 0 Å². The van der Waals surface area contributed by atoms with Crippen molar-refractivity contribution in [2.45, 2.75) is 44.4 Å². The minimum Gasteiger partial charge on any atom is -0.394 e. The van der Waals surface area contributed by atoms with E-state index in [0.717, 1.165) is 31.2 Å². The lowest BCUT2D eigenvalue weighted by Gasteiger charge is -2.53. The Morgan fingerprint density at radius 2 is 2.00 bits per heavy atom. The summed E-state index contributed by atoms with van der Waals surface area (Å²) in [5, 5.41) is 9.24. The number of hydrogen-bond acceptors (Lipinski definition) is 4. The van der Waals surface area contributed by atoms with E-state index in [1.807, 2.05) is 30.3 Å². The highest BCUT2D eigenvalue weighted by atomic mass is 16.5. The normalized spacial score (nSPS) is 27.8. The summed E-state index contributed by atoms with van der Waals surface area (Å²) >= 11 is 0. The molecule has 2 aliphatic rings. The quantitative estimate of drug-likeness (QED) is 0.754. The first-order valence-electron chi connectivity index (χ1n) is 8.42. The average Bonchev–Trinajstić information content (AvgIpc) is 2.61. The molecule has 130 valence electrons. The van der Waals surface area contributed by atoms with Gasteiger partial charge >= 0.3 is 0 Å². The third-order valence-corrected chi connectivity index (χ3v) is 5.28. The number of amides is 2. The Kier molecular flexibility index (Phi) is 4.87. The van der Waals surface area contributed by atoms with Crippen molar-refractivity contribution >= 4 is 11.8 Å². The summed E-state index contributed by atoms with van der Waals surface area (Å²) in [6.07, 6.45) is 3.37. The first kappa shape index (κ1) is 16.9. The van der Waals surface area contributed by atoms with Crippen molar-refractivity contribution in [2.24, 2.45) is 11.1 Å². The maximum Gasteiger partial charge on any atom is 0.242 e. The molecule has 1 aliphatic heterocycles. The van der Waals surface area contributed by atoms with Crippen LogP contribution in [0.15, 0.2) is 30.3 Å². The summed E-state index contributed by atoms with van der Waals surface area (Å²) in [6.45, 7) is 0.679. The van der Waals surface area contributed by atoms with Crippen molar-refractivity contribution in [2.75, 3.05) is 13.2 Å². The molecule has 1 heterocycles. The number of nitrogens with zero attached hydrogens (tertiary/aromatic N) is 1. The summed E-state index contributed by atoms with van der Waals surface area (Å²) in [6, 6.07) is 9.15. The van der Waals surface area contributed by atoms with Gasteiger partial charge in [0.1, 0.15) is 6.04 Å². The second-order valence-electron chi connectivity index (χ2n) is 6.81. The van der Waals surface area contributed by atoms with Crippen LogP contribution in [0.1, 0.15) is 31.2 Å². The van der Waals surface area contributed by atoms with Gasteiger partial charge in [0.2, 0.25) is 11.8 Å². The van der Waals surface area contributed by atoms with Crippen molar-refractivity contribution < 1.29 is 19.4 Å². The van der Waals surface area contributed by atoms with E-state index >= 15 is 0 Å². The number of primary amides is 1. The fraction of sp³-hybridized carbons (Fsp3) is 0.556. The zero-order valence-corrected chi connectivity index (χ0v) is 13.7. The second-order valence-corrected chi connectivity index (χ2v) is 6.81. The predicted molar refractivity (Wildman–Crippen MR) is 87.7 cm³/mol. The number of likely N-dealkylation sites (tertiary alicyclic amines) is 1. The Morgan fingerprint density at radius 1 is 1.33 bits per heavy atom. The standard InChI is InChI=1S/C18H24N2O4/c19-16(22)15(10-21)20-12-18(17(20)23)8-6-14(7-9-18)24-11-13-4-2-1-3-5-13/h1-5,14-15,21H,6-12H2,(H2,19,22). The number of nitrogens with two attached hydrogens (primary N) is 1. The summed E-state index contributed by atoms with van der Waals surface area (Å²) < 4.78 is 5.96. The molecule has 0 bridgehead atoms. The SMILES string of the molecule is NC(=O)C(CO)N1CC2(CCC(OCc3ccccc3)CC2)C1=O. The van der Waals surface area contributed by atoms with Gasteiger partial charge in [0.15, 0.2) is 0 Å². The lowest BCUT2D eigenvalue weighted by molar-refractivity contribution is -0.175. The fourth-order valence-corrected chi connectivity index (χ4v) is 3.74. The monoisotopic (exact) mass is 332 g/mol. The minimum absolute atomic E-state index is 0.0538.